The quantitative estimate of drug-likeness (QED) is 0.676. The fourth-order valence-corrected chi connectivity index (χ4v) is 3.16. The molecule has 1 aromatic heterocycles. The van der Waals surface area contributed by atoms with Gasteiger partial charge in [-0.05, 0) is 45.2 Å². The molecule has 0 bridgehead atoms. The van der Waals surface area contributed by atoms with Gasteiger partial charge in [-0.25, -0.2) is 4.79 Å². The van der Waals surface area contributed by atoms with Gasteiger partial charge in [0.2, 0.25) is 0 Å². The predicted octanol–water partition coefficient (Wildman–Crippen LogP) is 3.23. The monoisotopic (exact) mass is 312 g/mol. The van der Waals surface area contributed by atoms with E-state index in [9.17, 15) is 9.59 Å². The highest BCUT2D eigenvalue weighted by atomic mass is 32.1. The second-order valence-corrected chi connectivity index (χ2v) is 6.83. The largest absolute Gasteiger partial charge is 0.481 e. The predicted molar refractivity (Wildman–Crippen MR) is 84.8 cm³/mol. The van der Waals surface area contributed by atoms with Gasteiger partial charge in [0.05, 0.1) is 12.0 Å². The molecule has 0 fully saturated rings. The Morgan fingerprint density at radius 2 is 2.00 bits per heavy atom. The van der Waals surface area contributed by atoms with Gasteiger partial charge in [-0.15, -0.1) is 11.3 Å². The summed E-state index contributed by atoms with van der Waals surface area (Å²) in [4.78, 5) is 24.9. The highest BCUT2D eigenvalue weighted by Crippen LogP contribution is 2.25. The highest BCUT2D eigenvalue weighted by Gasteiger charge is 2.14. The zero-order chi connectivity index (χ0) is 16.0. The van der Waals surface area contributed by atoms with Crippen LogP contribution in [-0.2, 0) is 4.79 Å². The van der Waals surface area contributed by atoms with E-state index in [2.05, 4.69) is 30.5 Å². The normalized spacial score (nSPS) is 13.5. The first kappa shape index (κ1) is 17.5. The van der Waals surface area contributed by atoms with Gasteiger partial charge in [-0.3, -0.25) is 4.79 Å². The molecule has 21 heavy (non-hydrogen) atoms. The van der Waals surface area contributed by atoms with Crippen LogP contribution in [0.5, 0.6) is 0 Å². The van der Waals surface area contributed by atoms with Crippen LogP contribution in [0, 0.1) is 19.8 Å². The van der Waals surface area contributed by atoms with Crippen molar-refractivity contribution in [1.82, 2.24) is 10.6 Å². The lowest BCUT2D eigenvalue weighted by Gasteiger charge is -2.15. The topological polar surface area (TPSA) is 78.4 Å². The van der Waals surface area contributed by atoms with Gasteiger partial charge in [-0.2, -0.15) is 0 Å². The number of carbonyl (C=O) groups is 2. The fourth-order valence-electron chi connectivity index (χ4n) is 2.14. The van der Waals surface area contributed by atoms with Gasteiger partial charge in [0.1, 0.15) is 0 Å². The molecule has 0 aliphatic carbocycles. The molecule has 2 amide bonds. The van der Waals surface area contributed by atoms with E-state index in [4.69, 9.17) is 5.11 Å². The number of hydrogen-bond donors (Lipinski definition) is 3. The van der Waals surface area contributed by atoms with Gasteiger partial charge in [-0.1, -0.05) is 6.92 Å². The Labute approximate surface area is 129 Å². The van der Waals surface area contributed by atoms with E-state index in [0.29, 0.717) is 19.4 Å². The highest BCUT2D eigenvalue weighted by molar-refractivity contribution is 7.12. The van der Waals surface area contributed by atoms with Crippen molar-refractivity contribution in [2.24, 2.45) is 5.92 Å². The van der Waals surface area contributed by atoms with E-state index in [0.717, 1.165) is 5.56 Å². The maximum atomic E-state index is 11.8. The number of carboxylic acid groups (broad SMARTS) is 1. The van der Waals surface area contributed by atoms with Crippen LogP contribution >= 0.6 is 11.3 Å². The molecule has 5 nitrogen and oxygen atoms in total. The molecule has 2 unspecified atom stereocenters. The van der Waals surface area contributed by atoms with E-state index in [1.54, 1.807) is 18.3 Å². The molecular weight excluding hydrogens is 288 g/mol. The molecule has 1 rings (SSSR count). The Balaban J connectivity index is 2.30. The van der Waals surface area contributed by atoms with E-state index >= 15 is 0 Å². The van der Waals surface area contributed by atoms with Gasteiger partial charge >= 0.3 is 12.0 Å². The summed E-state index contributed by atoms with van der Waals surface area (Å²) in [5.41, 5.74) is 1.15. The second-order valence-electron chi connectivity index (χ2n) is 5.37. The smallest absolute Gasteiger partial charge is 0.315 e. The third-order valence-corrected chi connectivity index (χ3v) is 4.40. The minimum atomic E-state index is -0.795. The van der Waals surface area contributed by atoms with E-state index < -0.39 is 5.97 Å². The Kier molecular flexibility index (Phi) is 6.68. The molecule has 1 heterocycles. The fraction of sp³-hybridized carbons (Fsp3) is 0.600. The number of nitrogens with one attached hydrogen (secondary N) is 2. The third kappa shape index (κ3) is 5.75. The molecule has 6 heteroatoms. The zero-order valence-electron chi connectivity index (χ0n) is 13.0. The minimum Gasteiger partial charge on any atom is -0.481 e. The summed E-state index contributed by atoms with van der Waals surface area (Å²) in [6.07, 6.45) is 1.22. The van der Waals surface area contributed by atoms with Crippen molar-refractivity contribution in [1.29, 1.82) is 0 Å². The first-order valence-electron chi connectivity index (χ1n) is 7.15. The molecule has 3 N–H and O–H groups in total. The number of carboxylic acids is 1. The molecule has 0 aliphatic rings. The van der Waals surface area contributed by atoms with Crippen LogP contribution < -0.4 is 10.6 Å². The van der Waals surface area contributed by atoms with E-state index in [1.165, 1.54) is 9.75 Å². The van der Waals surface area contributed by atoms with Gasteiger partial charge in [0, 0.05) is 16.3 Å². The number of hydrogen-bond acceptors (Lipinski definition) is 3. The lowest BCUT2D eigenvalue weighted by molar-refractivity contribution is -0.141. The summed E-state index contributed by atoms with van der Waals surface area (Å²) in [5.74, 6) is -1.17. The van der Waals surface area contributed by atoms with Crippen LogP contribution in [0.1, 0.15) is 48.0 Å². The molecule has 0 aliphatic heterocycles. The Morgan fingerprint density at radius 1 is 1.33 bits per heavy atom. The van der Waals surface area contributed by atoms with Gasteiger partial charge in [0.25, 0.3) is 0 Å². The summed E-state index contributed by atoms with van der Waals surface area (Å²) >= 11 is 1.72. The lowest BCUT2D eigenvalue weighted by atomic mass is 10.1. The molecule has 1 aromatic rings. The van der Waals surface area contributed by atoms with Crippen LogP contribution in [0.15, 0.2) is 6.07 Å². The lowest BCUT2D eigenvalue weighted by Crippen LogP contribution is -2.37. The number of rotatable bonds is 7. The molecule has 0 aromatic carbocycles. The van der Waals surface area contributed by atoms with Crippen LogP contribution in [0.4, 0.5) is 4.79 Å². The Morgan fingerprint density at radius 3 is 2.52 bits per heavy atom. The molecular formula is C15H24N2O3S. The van der Waals surface area contributed by atoms with Crippen molar-refractivity contribution in [3.63, 3.8) is 0 Å². The molecule has 118 valence electrons. The number of carbonyl (C=O) groups excluding carboxylic acids is 1. The van der Waals surface area contributed by atoms with Crippen LogP contribution in [-0.4, -0.2) is 23.7 Å². The minimum absolute atomic E-state index is 0.0344. The molecule has 0 radical (unpaired) electrons. The number of aliphatic carboxylic acids is 1. The van der Waals surface area contributed by atoms with Gasteiger partial charge in [0.15, 0.2) is 0 Å². The van der Waals surface area contributed by atoms with Crippen LogP contribution in [0.3, 0.4) is 0 Å². The first-order valence-corrected chi connectivity index (χ1v) is 7.97. The summed E-state index contributed by atoms with van der Waals surface area (Å²) in [6, 6.07) is 1.85. The molecule has 2 atom stereocenters. The summed E-state index contributed by atoms with van der Waals surface area (Å²) < 4.78 is 0. The van der Waals surface area contributed by atoms with Gasteiger partial charge < -0.3 is 15.7 Å². The average Bonchev–Trinajstić information content (AvgIpc) is 2.73. The van der Waals surface area contributed by atoms with Crippen molar-refractivity contribution in [2.75, 3.05) is 6.54 Å². The summed E-state index contributed by atoms with van der Waals surface area (Å²) in [6.45, 7) is 8.22. The molecule has 0 spiro atoms. The number of aryl methyl sites for hydroxylation is 2. The molecule has 0 saturated carbocycles. The summed E-state index contributed by atoms with van der Waals surface area (Å²) in [7, 11) is 0. The maximum Gasteiger partial charge on any atom is 0.315 e. The zero-order valence-corrected chi connectivity index (χ0v) is 13.8. The van der Waals surface area contributed by atoms with Crippen molar-refractivity contribution in [3.05, 3.63) is 21.4 Å². The van der Waals surface area contributed by atoms with Crippen LogP contribution in [0.25, 0.3) is 0 Å². The van der Waals surface area contributed by atoms with E-state index in [1.807, 2.05) is 6.92 Å². The average molecular weight is 312 g/mol. The van der Waals surface area contributed by atoms with Crippen molar-refractivity contribution < 1.29 is 14.7 Å². The maximum absolute atomic E-state index is 11.8. The third-order valence-electron chi connectivity index (χ3n) is 3.41. The first-order chi connectivity index (χ1) is 9.81. The van der Waals surface area contributed by atoms with E-state index in [-0.39, 0.29) is 18.0 Å². The number of urea groups is 1. The Hall–Kier alpha value is -1.56. The standard InChI is InChI=1S/C15H24N2O3S/c1-9(14(18)19)6-5-7-16-15(20)17-11(3)13-8-10(2)21-12(13)4/h8-9,11H,5-7H2,1-4H3,(H,18,19)(H2,16,17,20). The SMILES string of the molecule is Cc1cc(C(C)NC(=O)NCCCC(C)C(=O)O)c(C)s1. The van der Waals surface area contributed by atoms with Crippen molar-refractivity contribution in [2.45, 2.75) is 46.6 Å². The molecule has 0 saturated heterocycles. The Bertz CT molecular complexity index is 499. The van der Waals surface area contributed by atoms with Crippen molar-refractivity contribution >= 4 is 23.3 Å². The van der Waals surface area contributed by atoms with Crippen molar-refractivity contribution in [3.8, 4) is 0 Å². The summed E-state index contributed by atoms with van der Waals surface area (Å²) in [5, 5.41) is 14.4. The van der Waals surface area contributed by atoms with Crippen LogP contribution in [0.2, 0.25) is 0 Å². The number of amides is 2. The second kappa shape index (κ2) is 8.02. The number of thiophene rings is 1.